The fraction of sp³-hybridized carbons (Fsp3) is 0.158. The van der Waals surface area contributed by atoms with Gasteiger partial charge in [-0.2, -0.15) is 14.0 Å². The van der Waals surface area contributed by atoms with E-state index >= 15 is 0 Å². The second-order valence-corrected chi connectivity index (χ2v) is 5.26. The molecule has 0 N–H and O–H groups in total. The fourth-order valence-corrected chi connectivity index (χ4v) is 2.19. The molecule has 6 heteroatoms. The summed E-state index contributed by atoms with van der Waals surface area (Å²) >= 11 is 0. The van der Waals surface area contributed by atoms with Crippen molar-refractivity contribution in [2.45, 2.75) is 13.2 Å². The number of hydrogen-bond donors (Lipinski definition) is 0. The third-order valence-electron chi connectivity index (χ3n) is 3.38. The van der Waals surface area contributed by atoms with E-state index in [9.17, 15) is 18.8 Å². The van der Waals surface area contributed by atoms with E-state index in [1.807, 2.05) is 36.4 Å². The fourth-order valence-electron chi connectivity index (χ4n) is 2.19. The molecule has 2 rings (SSSR count). The number of nitriles is 1. The van der Waals surface area contributed by atoms with Crippen molar-refractivity contribution in [3.05, 3.63) is 71.3 Å². The van der Waals surface area contributed by atoms with Gasteiger partial charge < -0.3 is 9.64 Å². The van der Waals surface area contributed by atoms with Gasteiger partial charge in [-0.15, -0.1) is 0 Å². The summed E-state index contributed by atoms with van der Waals surface area (Å²) in [5.41, 5.74) is 1.45. The second-order valence-electron chi connectivity index (χ2n) is 5.26. The lowest BCUT2D eigenvalue weighted by Crippen LogP contribution is -2.27. The van der Waals surface area contributed by atoms with Gasteiger partial charge in [0.05, 0.1) is 0 Å². The van der Waals surface area contributed by atoms with E-state index in [0.717, 1.165) is 5.56 Å². The van der Waals surface area contributed by atoms with E-state index in [4.69, 9.17) is 0 Å². The number of benzene rings is 2. The molecular weight excluding hydrogens is 326 g/mol. The van der Waals surface area contributed by atoms with E-state index in [1.54, 1.807) is 7.05 Å². The van der Waals surface area contributed by atoms with Crippen LogP contribution in [0.4, 0.5) is 8.78 Å². The molecule has 0 aliphatic carbocycles. The summed E-state index contributed by atoms with van der Waals surface area (Å²) in [5.74, 6) is -0.405. The number of carbonyl (C=O) groups excluding carboxylic acids is 1. The number of amides is 1. The predicted molar refractivity (Wildman–Crippen MR) is 89.6 cm³/mol. The molecule has 2 aromatic carbocycles. The Balaban J connectivity index is 2.10. The van der Waals surface area contributed by atoms with Gasteiger partial charge in [-0.3, -0.25) is 4.79 Å². The first-order valence-corrected chi connectivity index (χ1v) is 7.45. The molecule has 0 atom stereocenters. The largest absolute Gasteiger partial charge is 0.435 e. The monoisotopic (exact) mass is 342 g/mol. The summed E-state index contributed by atoms with van der Waals surface area (Å²) < 4.78 is 28.5. The number of nitrogens with zero attached hydrogens (tertiary/aromatic N) is 2. The van der Waals surface area contributed by atoms with Crippen LogP contribution in [0.2, 0.25) is 0 Å². The maximum atomic E-state index is 12.4. The quantitative estimate of drug-likeness (QED) is 0.592. The number of likely N-dealkylation sites (N-methyl/N-ethyl adjacent to an activating group) is 1. The molecule has 0 aliphatic rings. The molecule has 2 aromatic rings. The van der Waals surface area contributed by atoms with E-state index < -0.39 is 12.5 Å². The predicted octanol–water partition coefficient (Wildman–Crippen LogP) is 3.85. The summed E-state index contributed by atoms with van der Waals surface area (Å²) in [5, 5.41) is 9.26. The normalized spacial score (nSPS) is 11.1. The number of alkyl halides is 2. The van der Waals surface area contributed by atoms with Gasteiger partial charge in [0.1, 0.15) is 17.4 Å². The van der Waals surface area contributed by atoms with Crippen LogP contribution in [0, 0.1) is 11.3 Å². The molecule has 0 unspecified atom stereocenters. The van der Waals surface area contributed by atoms with Crippen molar-refractivity contribution >= 4 is 12.0 Å². The molecule has 0 bridgehead atoms. The molecule has 128 valence electrons. The summed E-state index contributed by atoms with van der Waals surface area (Å²) in [6.45, 7) is -2.52. The minimum atomic E-state index is -2.90. The third kappa shape index (κ3) is 5.43. The Kier molecular flexibility index (Phi) is 6.24. The Morgan fingerprint density at radius 3 is 2.40 bits per heavy atom. The topological polar surface area (TPSA) is 53.3 Å². The first-order valence-electron chi connectivity index (χ1n) is 7.45. The summed E-state index contributed by atoms with van der Waals surface area (Å²) in [4.78, 5) is 13.8. The van der Waals surface area contributed by atoms with Crippen LogP contribution in [0.25, 0.3) is 6.08 Å². The van der Waals surface area contributed by atoms with Gasteiger partial charge in [0.2, 0.25) is 0 Å². The lowest BCUT2D eigenvalue weighted by atomic mass is 10.1. The van der Waals surface area contributed by atoms with Gasteiger partial charge in [0.25, 0.3) is 5.91 Å². The van der Waals surface area contributed by atoms with E-state index in [1.165, 1.54) is 35.2 Å². The van der Waals surface area contributed by atoms with Gasteiger partial charge in [-0.25, -0.2) is 0 Å². The van der Waals surface area contributed by atoms with Gasteiger partial charge >= 0.3 is 6.61 Å². The highest BCUT2D eigenvalue weighted by Gasteiger charge is 2.15. The molecular formula is C19H16F2N2O2. The van der Waals surface area contributed by atoms with Crippen molar-refractivity contribution in [3.63, 3.8) is 0 Å². The number of ether oxygens (including phenoxy) is 1. The molecule has 0 saturated heterocycles. The number of hydrogen-bond acceptors (Lipinski definition) is 3. The zero-order valence-electron chi connectivity index (χ0n) is 13.5. The highest BCUT2D eigenvalue weighted by Crippen LogP contribution is 2.17. The van der Waals surface area contributed by atoms with Gasteiger partial charge in [-0.1, -0.05) is 42.5 Å². The van der Waals surface area contributed by atoms with E-state index in [0.29, 0.717) is 12.1 Å². The Labute approximate surface area is 144 Å². The molecule has 1 amide bonds. The van der Waals surface area contributed by atoms with Gasteiger partial charge in [0.15, 0.2) is 0 Å². The summed E-state index contributed by atoms with van der Waals surface area (Å²) in [7, 11) is 1.61. The van der Waals surface area contributed by atoms with Crippen molar-refractivity contribution in [1.29, 1.82) is 5.26 Å². The molecule has 0 saturated carbocycles. The van der Waals surface area contributed by atoms with E-state index in [-0.39, 0.29) is 11.3 Å². The van der Waals surface area contributed by atoms with Crippen LogP contribution < -0.4 is 4.74 Å². The first-order chi connectivity index (χ1) is 12.0. The van der Waals surface area contributed by atoms with Crippen molar-refractivity contribution in [2.75, 3.05) is 7.05 Å². The smallest absolute Gasteiger partial charge is 0.387 e. The average molecular weight is 342 g/mol. The Morgan fingerprint density at radius 1 is 1.20 bits per heavy atom. The van der Waals surface area contributed by atoms with Crippen molar-refractivity contribution < 1.29 is 18.3 Å². The van der Waals surface area contributed by atoms with Crippen LogP contribution in [-0.2, 0) is 11.3 Å². The zero-order chi connectivity index (χ0) is 18.2. The molecule has 25 heavy (non-hydrogen) atoms. The molecule has 0 radical (unpaired) electrons. The van der Waals surface area contributed by atoms with E-state index in [2.05, 4.69) is 4.74 Å². The molecule has 4 nitrogen and oxygen atoms in total. The van der Waals surface area contributed by atoms with Gasteiger partial charge in [-0.05, 0) is 29.3 Å². The van der Waals surface area contributed by atoms with Crippen LogP contribution in [0.3, 0.4) is 0 Å². The Hall–Kier alpha value is -3.20. The van der Waals surface area contributed by atoms with Crippen molar-refractivity contribution in [3.8, 4) is 11.8 Å². The lowest BCUT2D eigenvalue weighted by Gasteiger charge is -2.16. The highest BCUT2D eigenvalue weighted by atomic mass is 19.3. The third-order valence-corrected chi connectivity index (χ3v) is 3.38. The number of carbonyl (C=O) groups is 1. The van der Waals surface area contributed by atoms with Crippen LogP contribution in [-0.4, -0.2) is 24.5 Å². The SMILES string of the molecule is CN(Cc1ccccc1)C(=O)/C(C#N)=C\c1ccc(OC(F)F)cc1. The minimum absolute atomic E-state index is 0.0122. The highest BCUT2D eigenvalue weighted by molar-refractivity contribution is 6.01. The average Bonchev–Trinajstić information content (AvgIpc) is 2.61. The number of rotatable bonds is 6. The van der Waals surface area contributed by atoms with Crippen LogP contribution >= 0.6 is 0 Å². The molecule has 0 heterocycles. The second kappa shape index (κ2) is 8.60. The first kappa shape index (κ1) is 18.1. The van der Waals surface area contributed by atoms with Gasteiger partial charge in [0, 0.05) is 13.6 Å². The zero-order valence-corrected chi connectivity index (χ0v) is 13.5. The maximum Gasteiger partial charge on any atom is 0.387 e. The lowest BCUT2D eigenvalue weighted by molar-refractivity contribution is -0.125. The Morgan fingerprint density at radius 2 is 1.84 bits per heavy atom. The Bertz CT molecular complexity index is 781. The van der Waals surface area contributed by atoms with Crippen molar-refractivity contribution in [1.82, 2.24) is 4.90 Å². The molecule has 0 spiro atoms. The summed E-state index contributed by atoms with van der Waals surface area (Å²) in [6, 6.07) is 17.0. The standard InChI is InChI=1S/C19H16F2N2O2/c1-23(13-15-5-3-2-4-6-15)18(24)16(12-22)11-14-7-9-17(10-8-14)25-19(20)21/h2-11,19H,13H2,1H3/b16-11-. The van der Waals surface area contributed by atoms with Crippen LogP contribution in [0.15, 0.2) is 60.2 Å². The van der Waals surface area contributed by atoms with Crippen molar-refractivity contribution in [2.24, 2.45) is 0 Å². The minimum Gasteiger partial charge on any atom is -0.435 e. The van der Waals surface area contributed by atoms with Crippen LogP contribution in [0.5, 0.6) is 5.75 Å². The number of halogens is 2. The molecule has 0 aliphatic heterocycles. The maximum absolute atomic E-state index is 12.4. The van der Waals surface area contributed by atoms with Crippen LogP contribution in [0.1, 0.15) is 11.1 Å². The summed E-state index contributed by atoms with van der Waals surface area (Å²) in [6.07, 6.45) is 1.41. The molecule has 0 fully saturated rings. The molecule has 0 aromatic heterocycles.